The fraction of sp³-hybridized carbons (Fsp3) is 0.150. The number of hydrogen-bond donors (Lipinski definition) is 0. The summed E-state index contributed by atoms with van der Waals surface area (Å²) in [5, 5.41) is 0. The number of halogens is 1. The summed E-state index contributed by atoms with van der Waals surface area (Å²) < 4.78 is 17.4. The maximum Gasteiger partial charge on any atom is 0.254 e. The zero-order valence-electron chi connectivity index (χ0n) is 13.9. The monoisotopic (exact) mass is 343 g/mol. The number of imidazole rings is 2. The van der Waals surface area contributed by atoms with Gasteiger partial charge in [-0.2, -0.15) is 0 Å². The van der Waals surface area contributed by atoms with Gasteiger partial charge in [-0.25, -0.2) is 18.8 Å². The molecule has 1 aliphatic heterocycles. The molecule has 6 heteroatoms. The third kappa shape index (κ3) is 2.14. The summed E-state index contributed by atoms with van der Waals surface area (Å²) in [7, 11) is 0. The largest absolute Gasteiger partial charge is 0.362 e. The van der Waals surface area contributed by atoms with Crippen LogP contribution in [0.25, 0.3) is 33.0 Å². The number of rotatable bonds is 2. The van der Waals surface area contributed by atoms with Crippen LogP contribution >= 0.6 is 0 Å². The molecule has 5 rings (SSSR count). The summed E-state index contributed by atoms with van der Waals surface area (Å²) in [6.45, 7) is 8.23. The molecule has 0 atom stereocenters. The van der Waals surface area contributed by atoms with Crippen LogP contribution < -0.4 is 0 Å². The molecule has 26 heavy (non-hydrogen) atoms. The van der Waals surface area contributed by atoms with E-state index in [0.29, 0.717) is 5.82 Å². The zero-order valence-corrected chi connectivity index (χ0v) is 13.9. The van der Waals surface area contributed by atoms with Crippen molar-refractivity contribution in [2.75, 3.05) is 0 Å². The number of aryl methyl sites for hydroxylation is 1. The van der Waals surface area contributed by atoms with E-state index in [-0.39, 0.29) is 5.82 Å². The van der Waals surface area contributed by atoms with E-state index in [9.17, 15) is 4.39 Å². The molecule has 0 aliphatic carbocycles. The molecule has 0 saturated heterocycles. The second-order valence-electron chi connectivity index (χ2n) is 6.36. The highest BCUT2D eigenvalue weighted by Gasteiger charge is 2.24. The predicted octanol–water partition coefficient (Wildman–Crippen LogP) is 4.50. The van der Waals surface area contributed by atoms with Gasteiger partial charge in [-0.05, 0) is 36.8 Å². The van der Waals surface area contributed by atoms with Gasteiger partial charge in [-0.15, -0.1) is 0 Å². The average molecular weight is 343 g/mol. The Balaban J connectivity index is 1.76. The van der Waals surface area contributed by atoms with E-state index in [1.165, 1.54) is 12.1 Å². The Morgan fingerprint density at radius 1 is 1.08 bits per heavy atom. The maximum atomic E-state index is 13.3. The molecule has 0 saturated carbocycles. The highest BCUT2D eigenvalue weighted by Crippen LogP contribution is 2.36. The van der Waals surface area contributed by atoms with Crippen molar-refractivity contribution < 1.29 is 4.39 Å². The summed E-state index contributed by atoms with van der Waals surface area (Å²) >= 11 is 0. The highest BCUT2D eigenvalue weighted by atomic mass is 19.1. The molecular formula is C20H14FN5. The first kappa shape index (κ1) is 14.8. The Morgan fingerprint density at radius 3 is 2.69 bits per heavy atom. The van der Waals surface area contributed by atoms with Crippen molar-refractivity contribution in [3.05, 3.63) is 71.9 Å². The Labute approximate surface area is 149 Å². The van der Waals surface area contributed by atoms with Gasteiger partial charge in [-0.1, -0.05) is 6.57 Å². The lowest BCUT2D eigenvalue weighted by Gasteiger charge is -2.08. The number of hydrogen-bond acceptors (Lipinski definition) is 2. The van der Waals surface area contributed by atoms with Crippen molar-refractivity contribution >= 4 is 11.5 Å². The second kappa shape index (κ2) is 5.53. The lowest BCUT2D eigenvalue weighted by Crippen LogP contribution is -1.97. The minimum Gasteiger partial charge on any atom is -0.362 e. The van der Waals surface area contributed by atoms with Crippen molar-refractivity contribution in [3.63, 3.8) is 0 Å². The zero-order chi connectivity index (χ0) is 17.7. The van der Waals surface area contributed by atoms with Gasteiger partial charge in [0, 0.05) is 30.2 Å². The first-order valence-corrected chi connectivity index (χ1v) is 8.45. The molecule has 0 bridgehead atoms. The van der Waals surface area contributed by atoms with Gasteiger partial charge in [0.25, 0.3) is 5.82 Å². The minimum atomic E-state index is -0.261. The molecule has 4 aromatic rings. The smallest absolute Gasteiger partial charge is 0.254 e. The topological polar surface area (TPSA) is 39.5 Å². The van der Waals surface area contributed by atoms with Crippen LogP contribution in [0.5, 0.6) is 0 Å². The molecule has 3 aromatic heterocycles. The molecule has 1 aromatic carbocycles. The van der Waals surface area contributed by atoms with Crippen molar-refractivity contribution in [2.45, 2.75) is 19.4 Å². The quantitative estimate of drug-likeness (QED) is 0.503. The Kier molecular flexibility index (Phi) is 3.16. The van der Waals surface area contributed by atoms with Crippen LogP contribution in [0.4, 0.5) is 10.2 Å². The number of benzene rings is 1. The van der Waals surface area contributed by atoms with Crippen molar-refractivity contribution in [3.8, 4) is 22.5 Å². The molecule has 0 spiro atoms. The van der Waals surface area contributed by atoms with Crippen LogP contribution in [-0.2, 0) is 13.0 Å². The van der Waals surface area contributed by atoms with E-state index in [2.05, 4.69) is 14.4 Å². The maximum absolute atomic E-state index is 13.3. The fourth-order valence-corrected chi connectivity index (χ4v) is 3.62. The minimum absolute atomic E-state index is 0.261. The molecule has 0 fully saturated rings. The standard InChI is InChI=1S/C20H14FN5/c1-22-18-11-23-16-9-6-14(12-26(16)18)20-19(13-4-7-15(21)8-5-13)24-17-3-2-10-25(17)20/h4-9,11-12H,2-3,10H2. The Bertz CT molecular complexity index is 1180. The van der Waals surface area contributed by atoms with E-state index in [0.717, 1.165) is 53.4 Å². The van der Waals surface area contributed by atoms with Gasteiger partial charge in [0.15, 0.2) is 0 Å². The Morgan fingerprint density at radius 2 is 1.88 bits per heavy atom. The number of pyridine rings is 1. The van der Waals surface area contributed by atoms with Crippen LogP contribution in [0, 0.1) is 12.4 Å². The van der Waals surface area contributed by atoms with Crippen molar-refractivity contribution in [1.82, 2.24) is 18.9 Å². The molecule has 126 valence electrons. The van der Waals surface area contributed by atoms with Crippen molar-refractivity contribution in [2.24, 2.45) is 0 Å². The lowest BCUT2D eigenvalue weighted by atomic mass is 10.1. The third-order valence-corrected chi connectivity index (χ3v) is 4.82. The van der Waals surface area contributed by atoms with Crippen LogP contribution in [0.2, 0.25) is 0 Å². The fourth-order valence-electron chi connectivity index (χ4n) is 3.62. The molecule has 4 heterocycles. The van der Waals surface area contributed by atoms with Gasteiger partial charge in [-0.3, -0.25) is 0 Å². The van der Waals surface area contributed by atoms with E-state index >= 15 is 0 Å². The summed E-state index contributed by atoms with van der Waals surface area (Å²) in [6, 6.07) is 10.4. The molecule has 0 radical (unpaired) electrons. The normalized spacial score (nSPS) is 13.1. The highest BCUT2D eigenvalue weighted by molar-refractivity contribution is 5.80. The summed E-state index contributed by atoms with van der Waals surface area (Å²) in [6.07, 6.45) is 5.52. The van der Waals surface area contributed by atoms with Crippen LogP contribution in [0.3, 0.4) is 0 Å². The molecule has 0 amide bonds. The van der Waals surface area contributed by atoms with Crippen molar-refractivity contribution in [1.29, 1.82) is 0 Å². The van der Waals surface area contributed by atoms with Crippen LogP contribution in [0.15, 0.2) is 48.8 Å². The molecule has 0 N–H and O–H groups in total. The van der Waals surface area contributed by atoms with E-state index in [4.69, 9.17) is 11.6 Å². The van der Waals surface area contributed by atoms with Crippen LogP contribution in [-0.4, -0.2) is 18.9 Å². The number of fused-ring (bicyclic) bond motifs is 2. The van der Waals surface area contributed by atoms with E-state index in [1.54, 1.807) is 22.7 Å². The van der Waals surface area contributed by atoms with Gasteiger partial charge >= 0.3 is 0 Å². The molecular weight excluding hydrogens is 329 g/mol. The van der Waals surface area contributed by atoms with Gasteiger partial charge < -0.3 is 9.41 Å². The summed E-state index contributed by atoms with van der Waals surface area (Å²) in [5.74, 6) is 1.27. The SMILES string of the molecule is [C-]#[N+]c1cnc2ccc(-c3c(-c4ccc(F)cc4)nc4n3CCC4)cn12. The number of nitrogens with zero attached hydrogens (tertiary/aromatic N) is 5. The van der Waals surface area contributed by atoms with E-state index < -0.39 is 0 Å². The Hall–Kier alpha value is -3.46. The predicted molar refractivity (Wildman–Crippen MR) is 96.4 cm³/mol. The molecule has 1 aliphatic rings. The van der Waals surface area contributed by atoms with Gasteiger partial charge in [0.05, 0.1) is 23.8 Å². The summed E-state index contributed by atoms with van der Waals surface area (Å²) in [4.78, 5) is 12.6. The lowest BCUT2D eigenvalue weighted by molar-refractivity contribution is 0.628. The average Bonchev–Trinajstić information content (AvgIpc) is 3.35. The third-order valence-electron chi connectivity index (χ3n) is 4.82. The summed E-state index contributed by atoms with van der Waals surface area (Å²) in [5.41, 5.74) is 4.46. The first-order chi connectivity index (χ1) is 12.7. The molecule has 5 nitrogen and oxygen atoms in total. The first-order valence-electron chi connectivity index (χ1n) is 8.45. The molecule has 0 unspecified atom stereocenters. The van der Waals surface area contributed by atoms with Gasteiger partial charge in [0.2, 0.25) is 5.65 Å². The van der Waals surface area contributed by atoms with E-state index in [1.807, 2.05) is 18.3 Å². The van der Waals surface area contributed by atoms with Gasteiger partial charge in [0.1, 0.15) is 11.6 Å². The second-order valence-corrected chi connectivity index (χ2v) is 6.36. The van der Waals surface area contributed by atoms with Crippen LogP contribution in [0.1, 0.15) is 12.2 Å². The number of aromatic nitrogens is 4.